The van der Waals surface area contributed by atoms with E-state index in [2.05, 4.69) is 5.32 Å². The van der Waals surface area contributed by atoms with Crippen LogP contribution in [0.5, 0.6) is 0 Å². The lowest BCUT2D eigenvalue weighted by Crippen LogP contribution is -2.45. The van der Waals surface area contributed by atoms with Crippen LogP contribution in [0.15, 0.2) is 59.8 Å². The van der Waals surface area contributed by atoms with Crippen LogP contribution in [0.25, 0.3) is 0 Å². The Hall–Kier alpha value is -4.21. The van der Waals surface area contributed by atoms with Crippen molar-refractivity contribution in [2.75, 3.05) is 18.5 Å². The van der Waals surface area contributed by atoms with E-state index in [9.17, 15) is 29.6 Å². The number of nitro groups is 1. The summed E-state index contributed by atoms with van der Waals surface area (Å²) >= 11 is 0. The van der Waals surface area contributed by atoms with Gasteiger partial charge in [-0.2, -0.15) is 0 Å². The molecule has 0 unspecified atom stereocenters. The number of anilines is 1. The molecule has 0 aromatic heterocycles. The van der Waals surface area contributed by atoms with Crippen LogP contribution in [0.4, 0.5) is 16.2 Å². The summed E-state index contributed by atoms with van der Waals surface area (Å²) in [6, 6.07) is 10.2. The molecule has 10 nitrogen and oxygen atoms in total. The first-order valence-electron chi connectivity index (χ1n) is 8.93. The minimum Gasteiger partial charge on any atom is -0.545 e. The summed E-state index contributed by atoms with van der Waals surface area (Å²) < 4.78 is 0. The predicted octanol–water partition coefficient (Wildman–Crippen LogP) is 0.955. The number of carbonyl (C=O) groups excluding carboxylic acids is 3. The van der Waals surface area contributed by atoms with Gasteiger partial charge in [-0.05, 0) is 23.3 Å². The van der Waals surface area contributed by atoms with Crippen LogP contribution >= 0.6 is 0 Å². The number of non-ortho nitro benzene ring substituents is 1. The van der Waals surface area contributed by atoms with E-state index >= 15 is 0 Å². The molecule has 152 valence electrons. The lowest BCUT2D eigenvalue weighted by atomic mass is 9.95. The third kappa shape index (κ3) is 3.04. The molecule has 4 rings (SSSR count). The SMILES string of the molecule is CN1C(=O)N[C@H](c2cccc([N+](=O)[O-])c2)C2=C1CN(c1cccc(C(=O)[O-])c1)C2=O. The summed E-state index contributed by atoms with van der Waals surface area (Å²) in [5.74, 6) is -1.80. The maximum absolute atomic E-state index is 13.3. The molecule has 3 amide bonds. The Morgan fingerprint density at radius 1 is 1.17 bits per heavy atom. The topological polar surface area (TPSA) is 136 Å². The van der Waals surface area contributed by atoms with Gasteiger partial charge in [-0.15, -0.1) is 0 Å². The Balaban J connectivity index is 1.76. The molecule has 0 aliphatic carbocycles. The number of carboxylic acid groups (broad SMARTS) is 1. The van der Waals surface area contributed by atoms with Crippen molar-refractivity contribution in [3.8, 4) is 0 Å². The molecular formula is C20H15N4O6-. The number of urea groups is 1. The fourth-order valence-corrected chi connectivity index (χ4v) is 3.64. The van der Waals surface area contributed by atoms with Crippen LogP contribution in [0.2, 0.25) is 0 Å². The minimum absolute atomic E-state index is 0.0556. The molecule has 2 heterocycles. The van der Waals surface area contributed by atoms with Gasteiger partial charge in [0.05, 0.1) is 34.7 Å². The van der Waals surface area contributed by atoms with Gasteiger partial charge in [0.15, 0.2) is 0 Å². The third-order valence-electron chi connectivity index (χ3n) is 5.17. The highest BCUT2D eigenvalue weighted by molar-refractivity contribution is 6.12. The van der Waals surface area contributed by atoms with Crippen molar-refractivity contribution in [1.29, 1.82) is 0 Å². The van der Waals surface area contributed by atoms with E-state index in [1.807, 2.05) is 0 Å². The number of hydrogen-bond acceptors (Lipinski definition) is 6. The number of carboxylic acids is 1. The smallest absolute Gasteiger partial charge is 0.322 e. The first-order chi connectivity index (χ1) is 14.3. The number of benzene rings is 2. The summed E-state index contributed by atoms with van der Waals surface area (Å²) in [5, 5.41) is 25.0. The Bertz CT molecular complexity index is 1140. The number of amides is 3. The van der Waals surface area contributed by atoms with Crippen LogP contribution < -0.4 is 15.3 Å². The number of nitrogens with one attached hydrogen (secondary N) is 1. The zero-order chi connectivity index (χ0) is 21.6. The molecular weight excluding hydrogens is 392 g/mol. The van der Waals surface area contributed by atoms with Gasteiger partial charge in [-0.25, -0.2) is 4.79 Å². The number of hydrogen-bond donors (Lipinski definition) is 1. The highest BCUT2D eigenvalue weighted by atomic mass is 16.6. The normalized spacial score (nSPS) is 18.4. The average Bonchev–Trinajstić information content (AvgIpc) is 3.08. The van der Waals surface area contributed by atoms with Gasteiger partial charge in [0.1, 0.15) is 0 Å². The van der Waals surface area contributed by atoms with Gasteiger partial charge in [-0.1, -0.05) is 24.3 Å². The molecule has 0 radical (unpaired) electrons. The van der Waals surface area contributed by atoms with Crippen LogP contribution in [0, 0.1) is 10.1 Å². The summed E-state index contributed by atoms with van der Waals surface area (Å²) in [7, 11) is 1.52. The van der Waals surface area contributed by atoms with Crippen molar-refractivity contribution in [2.24, 2.45) is 0 Å². The Morgan fingerprint density at radius 3 is 2.60 bits per heavy atom. The van der Waals surface area contributed by atoms with Gasteiger partial charge >= 0.3 is 6.03 Å². The number of aromatic carboxylic acids is 1. The van der Waals surface area contributed by atoms with Gasteiger partial charge in [-0.3, -0.25) is 19.8 Å². The third-order valence-corrected chi connectivity index (χ3v) is 5.17. The summed E-state index contributed by atoms with van der Waals surface area (Å²) in [6.45, 7) is 0.0556. The first-order valence-corrected chi connectivity index (χ1v) is 8.93. The zero-order valence-electron chi connectivity index (χ0n) is 15.7. The fraction of sp³-hybridized carbons (Fsp3) is 0.150. The summed E-state index contributed by atoms with van der Waals surface area (Å²) in [6.07, 6.45) is 0. The maximum Gasteiger partial charge on any atom is 0.322 e. The van der Waals surface area contributed by atoms with E-state index in [1.165, 1.54) is 53.2 Å². The van der Waals surface area contributed by atoms with Crippen molar-refractivity contribution in [3.63, 3.8) is 0 Å². The van der Waals surface area contributed by atoms with Crippen LogP contribution in [0.1, 0.15) is 22.0 Å². The van der Waals surface area contributed by atoms with Gasteiger partial charge < -0.3 is 20.1 Å². The van der Waals surface area contributed by atoms with Crippen molar-refractivity contribution >= 4 is 29.3 Å². The molecule has 30 heavy (non-hydrogen) atoms. The van der Waals surface area contributed by atoms with Crippen molar-refractivity contribution in [2.45, 2.75) is 6.04 Å². The molecule has 0 saturated heterocycles. The highest BCUT2D eigenvalue weighted by Gasteiger charge is 2.43. The number of likely N-dealkylation sites (N-methyl/N-ethyl adjacent to an activating group) is 1. The van der Waals surface area contributed by atoms with Gasteiger partial charge in [0, 0.05) is 24.9 Å². The molecule has 2 aromatic carbocycles. The molecule has 2 aromatic rings. The molecule has 1 atom stereocenters. The van der Waals surface area contributed by atoms with Gasteiger partial charge in [0.25, 0.3) is 11.6 Å². The van der Waals surface area contributed by atoms with E-state index in [0.29, 0.717) is 16.9 Å². The quantitative estimate of drug-likeness (QED) is 0.592. The Kier molecular flexibility index (Phi) is 4.46. The fourth-order valence-electron chi connectivity index (χ4n) is 3.64. The van der Waals surface area contributed by atoms with Crippen molar-refractivity contribution in [3.05, 3.63) is 81.0 Å². The molecule has 2 aliphatic heterocycles. The molecule has 10 heteroatoms. The lowest BCUT2D eigenvalue weighted by molar-refractivity contribution is -0.384. The number of rotatable bonds is 4. The second-order valence-electron chi connectivity index (χ2n) is 6.88. The Morgan fingerprint density at radius 2 is 1.90 bits per heavy atom. The number of nitrogens with zero attached hydrogens (tertiary/aromatic N) is 3. The molecule has 0 spiro atoms. The van der Waals surface area contributed by atoms with Crippen LogP contribution in [-0.4, -0.2) is 41.3 Å². The molecule has 2 aliphatic rings. The Labute approximate surface area is 170 Å². The average molecular weight is 407 g/mol. The molecule has 1 N–H and O–H groups in total. The second-order valence-corrected chi connectivity index (χ2v) is 6.88. The van der Waals surface area contributed by atoms with E-state index in [4.69, 9.17) is 0 Å². The van der Waals surface area contributed by atoms with E-state index in [1.54, 1.807) is 12.1 Å². The maximum atomic E-state index is 13.3. The summed E-state index contributed by atoms with van der Waals surface area (Å²) in [5.41, 5.74) is 1.22. The molecule has 0 bridgehead atoms. The predicted molar refractivity (Wildman–Crippen MR) is 102 cm³/mol. The van der Waals surface area contributed by atoms with Crippen LogP contribution in [-0.2, 0) is 4.79 Å². The van der Waals surface area contributed by atoms with Crippen molar-refractivity contribution in [1.82, 2.24) is 10.2 Å². The van der Waals surface area contributed by atoms with E-state index in [0.717, 1.165) is 0 Å². The number of nitro benzene ring substituents is 1. The highest BCUT2D eigenvalue weighted by Crippen LogP contribution is 2.38. The van der Waals surface area contributed by atoms with Crippen LogP contribution in [0.3, 0.4) is 0 Å². The van der Waals surface area contributed by atoms with Crippen molar-refractivity contribution < 1.29 is 24.4 Å². The van der Waals surface area contributed by atoms with E-state index in [-0.39, 0.29) is 23.4 Å². The second kappa shape index (κ2) is 6.99. The monoisotopic (exact) mass is 407 g/mol. The standard InChI is InChI=1S/C20H16N4O6/c1-22-15-10-23(13-6-3-5-12(9-13)19(26)27)18(25)16(15)17(21-20(22)28)11-4-2-7-14(8-11)24(29)30/h2-9,17H,10H2,1H3,(H,21,28)(H,26,27)/p-1/t17-/m1/s1. The largest absolute Gasteiger partial charge is 0.545 e. The minimum atomic E-state index is -1.37. The first kappa shape index (κ1) is 19.1. The molecule has 0 fully saturated rings. The summed E-state index contributed by atoms with van der Waals surface area (Å²) in [4.78, 5) is 50.2. The number of carbonyl (C=O) groups is 3. The molecule has 0 saturated carbocycles. The van der Waals surface area contributed by atoms with Gasteiger partial charge in [0.2, 0.25) is 0 Å². The zero-order valence-corrected chi connectivity index (χ0v) is 15.7. The van der Waals surface area contributed by atoms with E-state index < -0.39 is 28.9 Å². The lowest BCUT2D eigenvalue weighted by Gasteiger charge is -2.30.